The van der Waals surface area contributed by atoms with Gasteiger partial charge in [-0.2, -0.15) is 0 Å². The first-order valence-electron chi connectivity index (χ1n) is 15.8. The number of carbonyl (C=O) groups is 3. The van der Waals surface area contributed by atoms with Gasteiger partial charge in [0.1, 0.15) is 0 Å². The van der Waals surface area contributed by atoms with Crippen molar-refractivity contribution in [3.8, 4) is 0 Å². The lowest BCUT2D eigenvalue weighted by molar-refractivity contribution is -0.146. The van der Waals surface area contributed by atoms with Crippen LogP contribution >= 0.6 is 0 Å². The summed E-state index contributed by atoms with van der Waals surface area (Å²) in [7, 11) is -3.37. The monoisotopic (exact) mass is 651 g/mol. The fourth-order valence-corrected chi connectivity index (χ4v) is 9.68. The largest absolute Gasteiger partial charge is 0.396 e. The second-order valence-electron chi connectivity index (χ2n) is 12.7. The zero-order valence-electron chi connectivity index (χ0n) is 26.6. The summed E-state index contributed by atoms with van der Waals surface area (Å²) in [5.41, 5.74) is 2.10. The zero-order valence-corrected chi connectivity index (χ0v) is 27.6. The van der Waals surface area contributed by atoms with Crippen molar-refractivity contribution in [2.45, 2.75) is 50.2 Å². The first kappa shape index (κ1) is 32.3. The lowest BCUT2D eigenvalue weighted by Gasteiger charge is -2.31. The third-order valence-electron chi connectivity index (χ3n) is 9.26. The molecule has 2 heterocycles. The third kappa shape index (κ3) is 6.11. The molecule has 0 aliphatic carbocycles. The van der Waals surface area contributed by atoms with Gasteiger partial charge in [-0.05, 0) is 79.7 Å². The minimum absolute atomic E-state index is 0.195. The minimum Gasteiger partial charge on any atom is -0.396 e. The number of aliphatic hydroxyl groups is 1. The Balaban J connectivity index is 1.33. The number of anilines is 3. The van der Waals surface area contributed by atoms with E-state index in [1.165, 1.54) is 0 Å². The second-order valence-corrected chi connectivity index (χ2v) is 16.5. The van der Waals surface area contributed by atoms with E-state index in [2.05, 4.69) is 10.6 Å². The Morgan fingerprint density at radius 3 is 1.98 bits per heavy atom. The molecule has 4 atom stereocenters. The van der Waals surface area contributed by atoms with Crippen LogP contribution < -0.4 is 15.5 Å². The number of hydrogen-bond donors (Lipinski definition) is 3. The number of benzene rings is 4. The topological polar surface area (TPSA) is 108 Å². The molecule has 0 bridgehead atoms. The highest BCUT2D eigenvalue weighted by molar-refractivity contribution is 6.72. The summed E-state index contributed by atoms with van der Waals surface area (Å²) >= 11 is 0. The van der Waals surface area contributed by atoms with E-state index in [0.29, 0.717) is 33.8 Å². The minimum atomic E-state index is -3.37. The van der Waals surface area contributed by atoms with Gasteiger partial charge in [-0.15, -0.1) is 0 Å². The summed E-state index contributed by atoms with van der Waals surface area (Å²) in [6, 6.07) is 30.3. The fraction of sp³-hybridized carbons (Fsp3) is 0.270. The van der Waals surface area contributed by atoms with Gasteiger partial charge in [0.05, 0.1) is 18.3 Å². The van der Waals surface area contributed by atoms with Crippen LogP contribution in [0, 0.1) is 5.92 Å². The van der Waals surface area contributed by atoms with Gasteiger partial charge in [-0.25, -0.2) is 0 Å². The lowest BCUT2D eigenvalue weighted by Crippen LogP contribution is -2.45. The summed E-state index contributed by atoms with van der Waals surface area (Å²) < 4.78 is 22.6. The molecule has 10 heteroatoms. The molecular weight excluding hydrogens is 614 g/mol. The number of amides is 3. The van der Waals surface area contributed by atoms with Crippen molar-refractivity contribution in [3.63, 3.8) is 0 Å². The number of carbonyl (C=O) groups excluding carboxylic acids is 3. The lowest BCUT2D eigenvalue weighted by atomic mass is 9.82. The normalized spacial score (nSPS) is 21.9. The molecule has 1 saturated heterocycles. The molecule has 0 saturated carbocycles. The summed E-state index contributed by atoms with van der Waals surface area (Å²) in [4.78, 5) is 42.0. The average molecular weight is 652 g/mol. The van der Waals surface area contributed by atoms with Gasteiger partial charge < -0.3 is 29.5 Å². The Hall–Kier alpha value is -4.64. The van der Waals surface area contributed by atoms with Gasteiger partial charge in [-0.1, -0.05) is 55.5 Å². The molecule has 2 aliphatic rings. The third-order valence-corrected chi connectivity index (χ3v) is 11.7. The van der Waals surface area contributed by atoms with E-state index >= 15 is 4.11 Å². The van der Waals surface area contributed by atoms with Crippen molar-refractivity contribution in [1.82, 2.24) is 0 Å². The van der Waals surface area contributed by atoms with Crippen LogP contribution in [0.1, 0.15) is 45.2 Å². The number of nitrogens with zero attached hydrogens (tertiary/aromatic N) is 1. The highest BCUT2D eigenvalue weighted by atomic mass is 28.4. The highest BCUT2D eigenvalue weighted by Gasteiger charge is 2.66. The Kier molecular flexibility index (Phi) is 8.84. The van der Waals surface area contributed by atoms with E-state index in [0.717, 1.165) is 5.56 Å². The number of aliphatic hydroxyl groups excluding tert-OH is 1. The maximum absolute atomic E-state index is 15.9. The van der Waals surface area contributed by atoms with Crippen LogP contribution in [0.15, 0.2) is 103 Å². The Morgan fingerprint density at radius 1 is 0.872 bits per heavy atom. The molecule has 0 aromatic heterocycles. The van der Waals surface area contributed by atoms with Gasteiger partial charge in [0.2, 0.25) is 8.41 Å². The van der Waals surface area contributed by atoms with Gasteiger partial charge in [0, 0.05) is 46.1 Å². The van der Waals surface area contributed by atoms with Gasteiger partial charge in [0.25, 0.3) is 17.7 Å². The smallest absolute Gasteiger partial charge is 0.264 e. The molecule has 242 valence electrons. The molecule has 6 rings (SSSR count). The molecule has 2 aliphatic heterocycles. The second kappa shape index (κ2) is 12.9. The molecule has 3 N–H and O–H groups in total. The van der Waals surface area contributed by atoms with Crippen molar-refractivity contribution in [2.24, 2.45) is 5.92 Å². The Morgan fingerprint density at radius 2 is 1.43 bits per heavy atom. The quantitative estimate of drug-likeness (QED) is 0.135. The van der Waals surface area contributed by atoms with Crippen molar-refractivity contribution in [1.29, 1.82) is 0 Å². The van der Waals surface area contributed by atoms with Gasteiger partial charge in [-0.3, -0.25) is 14.4 Å². The molecule has 4 aromatic rings. The van der Waals surface area contributed by atoms with E-state index in [4.69, 9.17) is 4.74 Å². The van der Waals surface area contributed by atoms with Crippen molar-refractivity contribution >= 4 is 43.2 Å². The van der Waals surface area contributed by atoms with E-state index in [1.807, 2.05) is 31.2 Å². The predicted octanol–water partition coefficient (Wildman–Crippen LogP) is 6.90. The Bertz CT molecular complexity index is 1780. The summed E-state index contributed by atoms with van der Waals surface area (Å²) in [5, 5.41) is 15.7. The molecular formula is C37H38FN3O5Si. The average Bonchev–Trinajstić information content (AvgIpc) is 3.49. The maximum atomic E-state index is 15.9. The number of rotatable bonds is 9. The van der Waals surface area contributed by atoms with Crippen LogP contribution in [0.25, 0.3) is 0 Å². The van der Waals surface area contributed by atoms with Gasteiger partial charge in [0.15, 0.2) is 5.60 Å². The van der Waals surface area contributed by atoms with E-state index in [1.54, 1.807) is 96.9 Å². The summed E-state index contributed by atoms with van der Waals surface area (Å²) in [5.74, 6) is -1.36. The molecule has 8 nitrogen and oxygen atoms in total. The van der Waals surface area contributed by atoms with Crippen LogP contribution in [0.3, 0.4) is 0 Å². The van der Waals surface area contributed by atoms with E-state index in [9.17, 15) is 19.5 Å². The molecule has 3 amide bonds. The van der Waals surface area contributed by atoms with Crippen LogP contribution in [0.2, 0.25) is 18.6 Å². The molecule has 0 radical (unpaired) electrons. The summed E-state index contributed by atoms with van der Waals surface area (Å²) in [6.45, 7) is 5.11. The van der Waals surface area contributed by atoms with E-state index < -0.39 is 31.6 Å². The maximum Gasteiger partial charge on any atom is 0.264 e. The van der Waals surface area contributed by atoms with Gasteiger partial charge >= 0.3 is 0 Å². The van der Waals surface area contributed by atoms with Crippen LogP contribution in [-0.2, 0) is 21.7 Å². The molecule has 47 heavy (non-hydrogen) atoms. The van der Waals surface area contributed by atoms with Crippen molar-refractivity contribution < 1.29 is 28.3 Å². The highest BCUT2D eigenvalue weighted by Crippen LogP contribution is 2.60. The molecule has 1 fully saturated rings. The van der Waals surface area contributed by atoms with E-state index in [-0.39, 0.29) is 37.3 Å². The number of ether oxygens (including phenoxy) is 1. The molecule has 1 spiro atoms. The fourth-order valence-electron chi connectivity index (χ4n) is 7.14. The van der Waals surface area contributed by atoms with Crippen molar-refractivity contribution in [3.05, 3.63) is 125 Å². The SMILES string of the molecule is C[C@H]1[C@H]([Si](C)(C)F)[C@@H](CCO)O[C@]12C(=O)N(Cc1ccc(NC(=O)c3ccccc3)cc1)c1ccc(NC(=O)c3ccccc3)cc12. The standard InChI is InChI=1S/C37H38FN3O5Si/c1-24-33(47(2,3)38)32(20-21-42)46-37(24)30-22-29(40-35(44)27-12-8-5-9-13-27)18-19-31(30)41(36(37)45)23-25-14-16-28(17-15-25)39-34(43)26-10-6-4-7-11-26/h4-19,22,24,32-33,42H,20-21,23H2,1-3H3,(H,39,43)(H,40,44)/t24-,32+,33-,37+/m0/s1. The summed E-state index contributed by atoms with van der Waals surface area (Å²) in [6.07, 6.45) is -0.436. The Labute approximate surface area is 274 Å². The van der Waals surface area contributed by atoms with Crippen LogP contribution in [0.5, 0.6) is 0 Å². The van der Waals surface area contributed by atoms with Crippen LogP contribution in [-0.4, -0.2) is 43.9 Å². The number of halogens is 1. The number of nitrogens with one attached hydrogen (secondary N) is 2. The first-order valence-corrected chi connectivity index (χ1v) is 18.7. The van der Waals surface area contributed by atoms with Crippen LogP contribution in [0.4, 0.5) is 21.2 Å². The van der Waals surface area contributed by atoms with Crippen molar-refractivity contribution in [2.75, 3.05) is 22.1 Å². The zero-order chi connectivity index (χ0) is 33.3. The molecule has 4 aromatic carbocycles. The number of hydrogen-bond acceptors (Lipinski definition) is 5. The number of fused-ring (bicyclic) bond motifs is 2. The molecule has 0 unspecified atom stereocenters. The first-order chi connectivity index (χ1) is 22.5. The predicted molar refractivity (Wildman–Crippen MR) is 183 cm³/mol.